The van der Waals surface area contributed by atoms with Gasteiger partial charge in [0.1, 0.15) is 11.5 Å². The lowest BCUT2D eigenvalue weighted by Gasteiger charge is -2.13. The summed E-state index contributed by atoms with van der Waals surface area (Å²) in [6, 6.07) is 21.5. The van der Waals surface area contributed by atoms with Gasteiger partial charge >= 0.3 is 0 Å². The predicted octanol–water partition coefficient (Wildman–Crippen LogP) is 4.98. The Balaban J connectivity index is 1.63. The van der Waals surface area contributed by atoms with Crippen LogP contribution in [0.4, 0.5) is 17.1 Å². The van der Waals surface area contributed by atoms with E-state index in [0.717, 1.165) is 39.7 Å². The smallest absolute Gasteiger partial charge is 0.122 e. The maximum atomic E-state index is 5.98. The first kappa shape index (κ1) is 19.2. The Bertz CT molecular complexity index is 930. The summed E-state index contributed by atoms with van der Waals surface area (Å²) >= 11 is 0. The lowest BCUT2D eigenvalue weighted by molar-refractivity contribution is 0.393. The van der Waals surface area contributed by atoms with Crippen LogP contribution in [0.3, 0.4) is 0 Å². The first-order valence-corrected chi connectivity index (χ1v) is 8.95. The minimum Gasteiger partial charge on any atom is -0.497 e. The van der Waals surface area contributed by atoms with Crippen molar-refractivity contribution in [1.82, 2.24) is 0 Å². The summed E-state index contributed by atoms with van der Waals surface area (Å²) in [4.78, 5) is 0. The van der Waals surface area contributed by atoms with Gasteiger partial charge < -0.3 is 25.8 Å². The average molecular weight is 375 g/mol. The van der Waals surface area contributed by atoms with E-state index >= 15 is 0 Å². The fourth-order valence-corrected chi connectivity index (χ4v) is 2.81. The largest absolute Gasteiger partial charge is 0.497 e. The second kappa shape index (κ2) is 8.86. The number of nitrogens with two attached hydrogens (primary N) is 1. The van der Waals surface area contributed by atoms with Crippen molar-refractivity contribution < 1.29 is 9.47 Å². The van der Waals surface area contributed by atoms with Crippen LogP contribution in [-0.2, 0) is 6.54 Å². The van der Waals surface area contributed by atoms with E-state index in [4.69, 9.17) is 15.2 Å². The normalized spacial score (nSPS) is 10.2. The van der Waals surface area contributed by atoms with E-state index in [9.17, 15) is 0 Å². The Kier molecular flexibility index (Phi) is 6.07. The van der Waals surface area contributed by atoms with Crippen LogP contribution in [0.5, 0.6) is 11.5 Å². The van der Waals surface area contributed by atoms with Gasteiger partial charge in [-0.3, -0.25) is 0 Å². The third-order valence-corrected chi connectivity index (χ3v) is 4.39. The monoisotopic (exact) mass is 375 g/mol. The zero-order chi connectivity index (χ0) is 19.9. The molecular weight excluding hydrogens is 350 g/mol. The summed E-state index contributed by atoms with van der Waals surface area (Å²) in [5, 5.41) is 6.67. The molecule has 4 N–H and O–H groups in total. The first-order chi connectivity index (χ1) is 13.6. The molecule has 0 fully saturated rings. The molecule has 0 unspecified atom stereocenters. The van der Waals surface area contributed by atoms with Crippen molar-refractivity contribution in [3.05, 3.63) is 84.4 Å². The van der Waals surface area contributed by atoms with E-state index in [0.29, 0.717) is 12.2 Å². The molecule has 0 aliphatic carbocycles. The fourth-order valence-electron chi connectivity index (χ4n) is 2.81. The van der Waals surface area contributed by atoms with Gasteiger partial charge in [-0.2, -0.15) is 0 Å². The second-order valence-corrected chi connectivity index (χ2v) is 6.34. The summed E-state index contributed by atoms with van der Waals surface area (Å²) in [6.45, 7) is 4.77. The average Bonchev–Trinajstić information content (AvgIpc) is 2.74. The summed E-state index contributed by atoms with van der Waals surface area (Å²) in [7, 11) is 3.29. The van der Waals surface area contributed by atoms with Gasteiger partial charge in [-0.1, -0.05) is 30.8 Å². The van der Waals surface area contributed by atoms with Crippen molar-refractivity contribution >= 4 is 22.8 Å². The molecule has 0 saturated heterocycles. The summed E-state index contributed by atoms with van der Waals surface area (Å²) < 4.78 is 10.6. The SMILES string of the molecule is C=C(Nc1ccccc1N)c1ccc(NCc2cc(OC)cc(OC)c2)cc1. The quantitative estimate of drug-likeness (QED) is 0.485. The Hall–Kier alpha value is -3.60. The Morgan fingerprint density at radius 3 is 2.18 bits per heavy atom. The highest BCUT2D eigenvalue weighted by Crippen LogP contribution is 2.25. The number of nitrogens with one attached hydrogen (secondary N) is 2. The standard InChI is InChI=1S/C23H25N3O2/c1-16(26-23-7-5-4-6-22(23)24)18-8-10-19(11-9-18)25-15-17-12-20(27-2)14-21(13-17)28-3/h4-14,25-26H,1,15,24H2,2-3H3. The van der Waals surface area contributed by atoms with Crippen molar-refractivity contribution in [2.45, 2.75) is 6.54 Å². The number of nitrogen functional groups attached to an aromatic ring is 1. The van der Waals surface area contributed by atoms with E-state index in [1.165, 1.54) is 0 Å². The van der Waals surface area contributed by atoms with Crippen molar-refractivity contribution in [2.75, 3.05) is 30.6 Å². The highest BCUT2D eigenvalue weighted by atomic mass is 16.5. The third kappa shape index (κ3) is 4.76. The molecule has 28 heavy (non-hydrogen) atoms. The molecule has 0 amide bonds. The third-order valence-electron chi connectivity index (χ3n) is 4.39. The van der Waals surface area contributed by atoms with Gasteiger partial charge in [0.25, 0.3) is 0 Å². The number of rotatable bonds is 8. The number of hydrogen-bond acceptors (Lipinski definition) is 5. The molecular formula is C23H25N3O2. The van der Waals surface area contributed by atoms with E-state index in [1.54, 1.807) is 14.2 Å². The fraction of sp³-hybridized carbons (Fsp3) is 0.130. The number of anilines is 3. The van der Waals surface area contributed by atoms with Crippen molar-refractivity contribution in [3.8, 4) is 11.5 Å². The predicted molar refractivity (Wildman–Crippen MR) is 117 cm³/mol. The topological polar surface area (TPSA) is 68.5 Å². The number of para-hydroxylation sites is 2. The zero-order valence-electron chi connectivity index (χ0n) is 16.2. The molecule has 0 saturated carbocycles. The van der Waals surface area contributed by atoms with Crippen LogP contribution in [0.2, 0.25) is 0 Å². The molecule has 3 aromatic carbocycles. The summed E-state index contributed by atoms with van der Waals surface area (Å²) in [5.74, 6) is 1.54. The van der Waals surface area contributed by atoms with Gasteiger partial charge in [0.2, 0.25) is 0 Å². The van der Waals surface area contributed by atoms with Gasteiger partial charge in [-0.25, -0.2) is 0 Å². The first-order valence-electron chi connectivity index (χ1n) is 8.95. The van der Waals surface area contributed by atoms with Crippen molar-refractivity contribution in [2.24, 2.45) is 0 Å². The van der Waals surface area contributed by atoms with E-state index < -0.39 is 0 Å². The number of hydrogen-bond donors (Lipinski definition) is 3. The highest BCUT2D eigenvalue weighted by Gasteiger charge is 2.04. The van der Waals surface area contributed by atoms with Crippen molar-refractivity contribution in [3.63, 3.8) is 0 Å². The Morgan fingerprint density at radius 1 is 0.929 bits per heavy atom. The van der Waals surface area contributed by atoms with Crippen LogP contribution in [0.25, 0.3) is 5.70 Å². The van der Waals surface area contributed by atoms with Crippen LogP contribution < -0.4 is 25.8 Å². The van der Waals surface area contributed by atoms with Crippen molar-refractivity contribution in [1.29, 1.82) is 0 Å². The molecule has 3 aromatic rings. The summed E-state index contributed by atoms with van der Waals surface area (Å²) in [6.07, 6.45) is 0. The van der Waals surface area contributed by atoms with Gasteiger partial charge in [0.15, 0.2) is 0 Å². The second-order valence-electron chi connectivity index (χ2n) is 6.34. The molecule has 0 bridgehead atoms. The lowest BCUT2D eigenvalue weighted by Crippen LogP contribution is -2.02. The van der Waals surface area contributed by atoms with Gasteiger partial charge in [-0.15, -0.1) is 0 Å². The number of methoxy groups -OCH3 is 2. The molecule has 0 aliphatic heterocycles. The minimum absolute atomic E-state index is 0.659. The van der Waals surface area contributed by atoms with Crippen LogP contribution in [0.15, 0.2) is 73.3 Å². The highest BCUT2D eigenvalue weighted by molar-refractivity contribution is 5.81. The van der Waals surface area contributed by atoms with Crippen LogP contribution in [0.1, 0.15) is 11.1 Å². The molecule has 0 radical (unpaired) electrons. The van der Waals surface area contributed by atoms with E-state index in [2.05, 4.69) is 17.2 Å². The van der Waals surface area contributed by atoms with Crippen LogP contribution in [0, 0.1) is 0 Å². The minimum atomic E-state index is 0.659. The number of ether oxygens (including phenoxy) is 2. The van der Waals surface area contributed by atoms with Gasteiger partial charge in [-0.05, 0) is 47.5 Å². The molecule has 5 nitrogen and oxygen atoms in total. The zero-order valence-corrected chi connectivity index (χ0v) is 16.2. The van der Waals surface area contributed by atoms with Crippen LogP contribution in [-0.4, -0.2) is 14.2 Å². The van der Waals surface area contributed by atoms with E-state index in [1.807, 2.05) is 66.7 Å². The van der Waals surface area contributed by atoms with Gasteiger partial charge in [0, 0.05) is 24.0 Å². The molecule has 0 aliphatic rings. The molecule has 0 heterocycles. The maximum Gasteiger partial charge on any atom is 0.122 e. The Morgan fingerprint density at radius 2 is 1.57 bits per heavy atom. The molecule has 0 atom stereocenters. The van der Waals surface area contributed by atoms with Crippen LogP contribution >= 0.6 is 0 Å². The van der Waals surface area contributed by atoms with E-state index in [-0.39, 0.29) is 0 Å². The van der Waals surface area contributed by atoms with Gasteiger partial charge in [0.05, 0.1) is 25.6 Å². The molecule has 5 heteroatoms. The molecule has 3 rings (SSSR count). The molecule has 0 aromatic heterocycles. The Labute approximate surface area is 165 Å². The number of benzene rings is 3. The summed E-state index contributed by atoms with van der Waals surface area (Å²) in [5.41, 5.74) is 11.4. The lowest BCUT2D eigenvalue weighted by atomic mass is 10.1. The molecule has 0 spiro atoms. The maximum absolute atomic E-state index is 5.98. The molecule has 144 valence electrons.